The summed E-state index contributed by atoms with van der Waals surface area (Å²) < 4.78 is 36.3. The highest BCUT2D eigenvalue weighted by molar-refractivity contribution is 6.35. The second-order valence-corrected chi connectivity index (χ2v) is 7.82. The average Bonchev–Trinajstić information content (AvgIpc) is 3.22. The Morgan fingerprint density at radius 3 is 2.76 bits per heavy atom. The van der Waals surface area contributed by atoms with Crippen LogP contribution in [-0.4, -0.2) is 35.5 Å². The smallest absolute Gasteiger partial charge is 0.161 e. The lowest BCUT2D eigenvalue weighted by Crippen LogP contribution is -2.36. The summed E-state index contributed by atoms with van der Waals surface area (Å²) in [6, 6.07) is 2.79. The lowest BCUT2D eigenvalue weighted by molar-refractivity contribution is -0.0657. The first-order valence-electron chi connectivity index (χ1n) is 8.88. The number of fused-ring (bicyclic) bond motifs is 2. The van der Waals surface area contributed by atoms with Gasteiger partial charge in [-0.3, -0.25) is 14.8 Å². The van der Waals surface area contributed by atoms with E-state index in [4.69, 9.17) is 16.3 Å². The molecule has 0 saturated carbocycles. The molecule has 1 N–H and O–H groups in total. The fourth-order valence-corrected chi connectivity index (χ4v) is 3.80. The van der Waals surface area contributed by atoms with Crippen LogP contribution >= 0.6 is 11.6 Å². The summed E-state index contributed by atoms with van der Waals surface area (Å²) in [5.41, 5.74) is 2.08. The molecular weight excluding hydrogens is 402 g/mol. The van der Waals surface area contributed by atoms with Crippen molar-refractivity contribution in [2.24, 2.45) is 0 Å². The van der Waals surface area contributed by atoms with Gasteiger partial charge >= 0.3 is 0 Å². The van der Waals surface area contributed by atoms with Gasteiger partial charge in [-0.25, -0.2) is 13.8 Å². The van der Waals surface area contributed by atoms with Gasteiger partial charge in [-0.05, 0) is 26.0 Å². The summed E-state index contributed by atoms with van der Waals surface area (Å²) in [5.74, 6) is -1.05. The first-order valence-corrected chi connectivity index (χ1v) is 9.26. The van der Waals surface area contributed by atoms with Crippen molar-refractivity contribution in [3.05, 3.63) is 47.0 Å². The predicted molar refractivity (Wildman–Crippen MR) is 102 cm³/mol. The van der Waals surface area contributed by atoms with Crippen LogP contribution in [0.3, 0.4) is 0 Å². The van der Waals surface area contributed by atoms with Crippen molar-refractivity contribution in [2.45, 2.75) is 32.6 Å². The van der Waals surface area contributed by atoms with Gasteiger partial charge in [0.1, 0.15) is 17.3 Å². The lowest BCUT2D eigenvalue weighted by atomic mass is 9.98. The van der Waals surface area contributed by atoms with E-state index in [9.17, 15) is 4.39 Å². The summed E-state index contributed by atoms with van der Waals surface area (Å²) in [5, 5.41) is 11.8. The normalized spacial score (nSPS) is 15.6. The van der Waals surface area contributed by atoms with E-state index in [1.807, 2.05) is 13.8 Å². The maximum atomic E-state index is 15.1. The number of rotatable bonds is 2. The van der Waals surface area contributed by atoms with E-state index in [2.05, 4.69) is 25.3 Å². The van der Waals surface area contributed by atoms with E-state index in [0.717, 1.165) is 12.4 Å². The predicted octanol–water partition coefficient (Wildman–Crippen LogP) is 4.12. The third-order valence-electron chi connectivity index (χ3n) is 4.91. The molecule has 5 rings (SSSR count). The molecule has 4 aromatic rings. The summed E-state index contributed by atoms with van der Waals surface area (Å²) in [4.78, 5) is 8.17. The first kappa shape index (κ1) is 18.1. The standard InChI is InChI=1S/C19H15ClF2N6O/c1-19(2)8-28-12(7-29-19)14(16(27-28)11-4-3-9(21)5-23-11)13-10(22)6-24-18-15(13)17(20)25-26-18/h3-6H,7-8H2,1-2H3,(H,24,25,26). The Balaban J connectivity index is 1.85. The maximum absolute atomic E-state index is 15.1. The van der Waals surface area contributed by atoms with Gasteiger partial charge in [0.2, 0.25) is 0 Å². The van der Waals surface area contributed by atoms with Crippen molar-refractivity contribution in [3.63, 3.8) is 0 Å². The van der Waals surface area contributed by atoms with Crippen molar-refractivity contribution in [1.29, 1.82) is 0 Å². The average molecular weight is 417 g/mol. The minimum absolute atomic E-state index is 0.0945. The fraction of sp³-hybridized carbons (Fsp3) is 0.263. The van der Waals surface area contributed by atoms with Gasteiger partial charge in [0.15, 0.2) is 10.8 Å². The maximum Gasteiger partial charge on any atom is 0.161 e. The van der Waals surface area contributed by atoms with Gasteiger partial charge in [0, 0.05) is 11.1 Å². The molecule has 0 radical (unpaired) electrons. The molecule has 7 nitrogen and oxygen atoms in total. The van der Waals surface area contributed by atoms with E-state index in [-0.39, 0.29) is 17.3 Å². The van der Waals surface area contributed by atoms with Crippen LogP contribution < -0.4 is 0 Å². The third kappa shape index (κ3) is 2.89. The van der Waals surface area contributed by atoms with Gasteiger partial charge in [0.05, 0.1) is 47.9 Å². The Morgan fingerprint density at radius 2 is 2.00 bits per heavy atom. The van der Waals surface area contributed by atoms with Crippen LogP contribution in [0.5, 0.6) is 0 Å². The van der Waals surface area contributed by atoms with Crippen LogP contribution in [-0.2, 0) is 17.9 Å². The van der Waals surface area contributed by atoms with Crippen LogP contribution in [0, 0.1) is 11.6 Å². The molecule has 0 saturated heterocycles. The van der Waals surface area contributed by atoms with Crippen molar-refractivity contribution in [3.8, 4) is 22.5 Å². The molecule has 0 atom stereocenters. The van der Waals surface area contributed by atoms with Crippen LogP contribution in [0.2, 0.25) is 5.15 Å². The molecule has 148 valence electrons. The van der Waals surface area contributed by atoms with Crippen molar-refractivity contribution >= 4 is 22.6 Å². The molecule has 1 aliphatic heterocycles. The molecule has 1 aliphatic rings. The monoisotopic (exact) mass is 416 g/mol. The van der Waals surface area contributed by atoms with Crippen molar-refractivity contribution in [1.82, 2.24) is 29.9 Å². The zero-order valence-electron chi connectivity index (χ0n) is 15.5. The molecule has 10 heteroatoms. The molecule has 0 spiro atoms. The van der Waals surface area contributed by atoms with Gasteiger partial charge in [-0.2, -0.15) is 10.2 Å². The number of hydrogen-bond acceptors (Lipinski definition) is 5. The van der Waals surface area contributed by atoms with Crippen LogP contribution in [0.15, 0.2) is 24.5 Å². The Bertz CT molecular complexity index is 1250. The number of halogens is 3. The summed E-state index contributed by atoms with van der Waals surface area (Å²) in [6.07, 6.45) is 2.20. The number of hydrogen-bond donors (Lipinski definition) is 1. The van der Waals surface area contributed by atoms with Gasteiger partial charge in [-0.15, -0.1) is 0 Å². The van der Waals surface area contributed by atoms with Gasteiger partial charge in [-0.1, -0.05) is 11.6 Å². The zero-order chi connectivity index (χ0) is 20.3. The fourth-order valence-electron chi connectivity index (χ4n) is 3.58. The molecule has 29 heavy (non-hydrogen) atoms. The minimum atomic E-state index is -0.579. The van der Waals surface area contributed by atoms with E-state index in [0.29, 0.717) is 40.2 Å². The highest BCUT2D eigenvalue weighted by Crippen LogP contribution is 2.42. The number of nitrogens with zero attached hydrogens (tertiary/aromatic N) is 5. The summed E-state index contributed by atoms with van der Waals surface area (Å²) in [6.45, 7) is 4.58. The molecule has 0 aliphatic carbocycles. The Morgan fingerprint density at radius 1 is 1.17 bits per heavy atom. The van der Waals surface area contributed by atoms with E-state index >= 15 is 4.39 Å². The number of pyridine rings is 2. The van der Waals surface area contributed by atoms with Gasteiger partial charge < -0.3 is 4.74 Å². The zero-order valence-corrected chi connectivity index (χ0v) is 16.3. The molecule has 4 aromatic heterocycles. The third-order valence-corrected chi connectivity index (χ3v) is 5.18. The van der Waals surface area contributed by atoms with Crippen molar-refractivity contribution in [2.75, 3.05) is 0 Å². The van der Waals surface area contributed by atoms with E-state index in [1.165, 1.54) is 12.1 Å². The van der Waals surface area contributed by atoms with Crippen molar-refractivity contribution < 1.29 is 13.5 Å². The number of nitrogens with one attached hydrogen (secondary N) is 1. The second-order valence-electron chi connectivity index (χ2n) is 7.46. The second kappa shape index (κ2) is 6.30. The van der Waals surface area contributed by atoms with Crippen LogP contribution in [0.4, 0.5) is 8.78 Å². The SMILES string of the molecule is CC1(C)Cn2nc(-c3ccc(F)cn3)c(-c3c(F)cnc4[nH]nc(Cl)c34)c2CO1. The quantitative estimate of drug-likeness (QED) is 0.531. The van der Waals surface area contributed by atoms with Crippen LogP contribution in [0.1, 0.15) is 19.5 Å². The highest BCUT2D eigenvalue weighted by atomic mass is 35.5. The van der Waals surface area contributed by atoms with Crippen LogP contribution in [0.25, 0.3) is 33.5 Å². The number of H-pyrrole nitrogens is 1. The Labute approximate surface area is 168 Å². The summed E-state index contributed by atoms with van der Waals surface area (Å²) >= 11 is 6.24. The molecule has 0 bridgehead atoms. The van der Waals surface area contributed by atoms with Gasteiger partial charge in [0.25, 0.3) is 0 Å². The topological polar surface area (TPSA) is 81.5 Å². The lowest BCUT2D eigenvalue weighted by Gasteiger charge is -2.31. The minimum Gasteiger partial charge on any atom is -0.367 e. The Kier molecular flexibility index (Phi) is 3.94. The largest absolute Gasteiger partial charge is 0.367 e. The molecule has 5 heterocycles. The van der Waals surface area contributed by atoms with E-state index in [1.54, 1.807) is 4.68 Å². The number of ether oxygens (including phenoxy) is 1. The summed E-state index contributed by atoms with van der Waals surface area (Å²) in [7, 11) is 0. The molecule has 0 fully saturated rings. The number of aromatic amines is 1. The first-order chi connectivity index (χ1) is 13.8. The molecule has 0 aromatic carbocycles. The molecule has 0 amide bonds. The Hall–Kier alpha value is -2.91. The molecule has 0 unspecified atom stereocenters. The van der Waals surface area contributed by atoms with E-state index < -0.39 is 17.2 Å². The number of aromatic nitrogens is 6. The molecular formula is C19H15ClF2N6O. The highest BCUT2D eigenvalue weighted by Gasteiger charge is 2.33.